The SMILES string of the molecule is O=C(O)c1cn(-c2nccs2)c2c(c1=O)=CC(F)C(N1CC(F)(C(=O)NCC3CCCCO3)C1)N=2. The third kappa shape index (κ3) is 4.39. The summed E-state index contributed by atoms with van der Waals surface area (Å²) in [5, 5.41) is 13.8. The first-order valence-electron chi connectivity index (χ1n) is 11.2. The second-order valence-electron chi connectivity index (χ2n) is 8.82. The molecule has 2 aromatic rings. The Morgan fingerprint density at radius 2 is 2.14 bits per heavy atom. The zero-order valence-corrected chi connectivity index (χ0v) is 19.3. The number of aromatic nitrogens is 2. The number of carboxylic acids is 1. The zero-order valence-electron chi connectivity index (χ0n) is 18.5. The summed E-state index contributed by atoms with van der Waals surface area (Å²) in [6, 6.07) is 0. The number of likely N-dealkylation sites (tertiary alicyclic amines) is 1. The lowest BCUT2D eigenvalue weighted by atomic mass is 9.93. The topological polar surface area (TPSA) is 126 Å². The van der Waals surface area contributed by atoms with Crippen LogP contribution in [0.1, 0.15) is 29.6 Å². The lowest BCUT2D eigenvalue weighted by molar-refractivity contribution is -0.149. The minimum atomic E-state index is -2.19. The maximum atomic E-state index is 15.2. The number of carbonyl (C=O) groups excluding carboxylic acids is 1. The molecule has 3 aliphatic rings. The number of fused-ring (bicyclic) bond motifs is 1. The molecule has 0 saturated carbocycles. The Morgan fingerprint density at radius 3 is 2.80 bits per heavy atom. The van der Waals surface area contributed by atoms with Crippen LogP contribution in [0.25, 0.3) is 11.2 Å². The highest BCUT2D eigenvalue weighted by atomic mass is 32.1. The third-order valence-corrected chi connectivity index (χ3v) is 7.16. The van der Waals surface area contributed by atoms with Gasteiger partial charge in [-0.1, -0.05) is 0 Å². The average Bonchev–Trinajstić information content (AvgIpc) is 3.36. The molecular formula is C22H23F2N5O5S. The van der Waals surface area contributed by atoms with E-state index in [1.165, 1.54) is 27.0 Å². The smallest absolute Gasteiger partial charge is 0.341 e. The number of carboxylic acid groups (broad SMARTS) is 1. The molecule has 10 nitrogen and oxygen atoms in total. The molecule has 3 atom stereocenters. The van der Waals surface area contributed by atoms with Crippen molar-refractivity contribution in [2.75, 3.05) is 26.2 Å². The molecule has 1 amide bonds. The van der Waals surface area contributed by atoms with E-state index in [4.69, 9.17) is 4.74 Å². The number of carbonyl (C=O) groups is 2. The number of pyridine rings is 1. The number of hydrogen-bond acceptors (Lipinski definition) is 8. The summed E-state index contributed by atoms with van der Waals surface area (Å²) in [5.41, 5.74) is -3.56. The standard InChI is InChI=1S/C22H23F2N5O5S/c23-15-7-13-16(30)14(19(31)32)9-29(21-25-4-6-35-21)17(13)27-18(15)28-10-22(24,11-28)20(33)26-8-12-3-1-2-5-34-12/h4,6-7,9,12,15,18H,1-3,5,8,10-11H2,(H,26,33)(H,31,32). The van der Waals surface area contributed by atoms with Crippen molar-refractivity contribution in [1.29, 1.82) is 0 Å². The summed E-state index contributed by atoms with van der Waals surface area (Å²) in [5.74, 6) is -2.23. The van der Waals surface area contributed by atoms with E-state index in [2.05, 4.69) is 15.3 Å². The number of halogens is 2. The van der Waals surface area contributed by atoms with E-state index in [-0.39, 0.29) is 36.4 Å². The van der Waals surface area contributed by atoms with E-state index in [0.29, 0.717) is 11.7 Å². The fourth-order valence-electron chi connectivity index (χ4n) is 4.53. The van der Waals surface area contributed by atoms with E-state index in [1.807, 2.05) is 0 Å². The van der Waals surface area contributed by atoms with Crippen molar-refractivity contribution < 1.29 is 28.2 Å². The van der Waals surface area contributed by atoms with Crippen molar-refractivity contribution in [3.8, 4) is 5.13 Å². The molecule has 186 valence electrons. The number of thiazole rings is 1. The maximum absolute atomic E-state index is 15.2. The van der Waals surface area contributed by atoms with Crippen molar-refractivity contribution in [2.24, 2.45) is 4.99 Å². The van der Waals surface area contributed by atoms with Crippen LogP contribution in [0.4, 0.5) is 8.78 Å². The van der Waals surface area contributed by atoms with E-state index in [9.17, 15) is 19.5 Å². The minimum Gasteiger partial charge on any atom is -0.477 e. The van der Waals surface area contributed by atoms with Gasteiger partial charge in [-0.2, -0.15) is 0 Å². The largest absolute Gasteiger partial charge is 0.477 e. The van der Waals surface area contributed by atoms with Crippen LogP contribution in [0, 0.1) is 0 Å². The Bertz CT molecular complexity index is 1320. The molecule has 3 aliphatic heterocycles. The van der Waals surface area contributed by atoms with Crippen LogP contribution in [0.15, 0.2) is 27.6 Å². The summed E-state index contributed by atoms with van der Waals surface area (Å²) >= 11 is 1.18. The normalized spacial score (nSPS) is 25.5. The second-order valence-corrected chi connectivity index (χ2v) is 9.69. The fourth-order valence-corrected chi connectivity index (χ4v) is 5.14. The molecule has 2 aromatic heterocycles. The van der Waals surface area contributed by atoms with Crippen LogP contribution in [0.5, 0.6) is 0 Å². The quantitative estimate of drug-likeness (QED) is 0.554. The number of ether oxygens (including phenoxy) is 1. The summed E-state index contributed by atoms with van der Waals surface area (Å²) in [4.78, 5) is 46.5. The van der Waals surface area contributed by atoms with Crippen LogP contribution in [-0.2, 0) is 9.53 Å². The van der Waals surface area contributed by atoms with Crippen LogP contribution in [-0.4, -0.2) is 81.8 Å². The van der Waals surface area contributed by atoms with Crippen LogP contribution in [0.3, 0.4) is 0 Å². The molecule has 35 heavy (non-hydrogen) atoms. The second kappa shape index (κ2) is 9.21. The van der Waals surface area contributed by atoms with Gasteiger partial charge in [-0.3, -0.25) is 19.1 Å². The Morgan fingerprint density at radius 1 is 1.34 bits per heavy atom. The molecule has 0 radical (unpaired) electrons. The number of alkyl halides is 2. The molecule has 0 aliphatic carbocycles. The van der Waals surface area contributed by atoms with Crippen molar-refractivity contribution >= 4 is 29.3 Å². The molecule has 0 spiro atoms. The number of amides is 1. The Labute approximate surface area is 201 Å². The van der Waals surface area contributed by atoms with Gasteiger partial charge in [-0.15, -0.1) is 11.3 Å². The maximum Gasteiger partial charge on any atom is 0.341 e. The van der Waals surface area contributed by atoms with Crippen LogP contribution in [0.2, 0.25) is 0 Å². The van der Waals surface area contributed by atoms with E-state index < -0.39 is 40.9 Å². The molecule has 5 rings (SSSR count). The van der Waals surface area contributed by atoms with Gasteiger partial charge < -0.3 is 15.2 Å². The van der Waals surface area contributed by atoms with Gasteiger partial charge in [0, 0.05) is 44.0 Å². The highest BCUT2D eigenvalue weighted by Gasteiger charge is 2.53. The summed E-state index contributed by atoms with van der Waals surface area (Å²) in [7, 11) is 0. The van der Waals surface area contributed by atoms with Crippen molar-refractivity contribution in [3.63, 3.8) is 0 Å². The molecule has 13 heteroatoms. The average molecular weight is 508 g/mol. The predicted molar refractivity (Wildman–Crippen MR) is 121 cm³/mol. The highest BCUT2D eigenvalue weighted by Crippen LogP contribution is 2.30. The first-order chi connectivity index (χ1) is 16.8. The molecule has 0 aromatic carbocycles. The van der Waals surface area contributed by atoms with Crippen molar-refractivity contribution in [1.82, 2.24) is 19.8 Å². The lowest BCUT2D eigenvalue weighted by Crippen LogP contribution is -2.70. The zero-order chi connectivity index (χ0) is 24.7. The van der Waals surface area contributed by atoms with Gasteiger partial charge in [0.2, 0.25) is 11.1 Å². The molecule has 2 fully saturated rings. The molecule has 5 heterocycles. The number of nitrogens with one attached hydrogen (secondary N) is 1. The molecular weight excluding hydrogens is 484 g/mol. The molecule has 0 bridgehead atoms. The molecule has 2 saturated heterocycles. The fraction of sp³-hybridized carbons (Fsp3) is 0.500. The molecule has 2 N–H and O–H groups in total. The summed E-state index contributed by atoms with van der Waals surface area (Å²) < 4.78 is 37.1. The van der Waals surface area contributed by atoms with Gasteiger partial charge in [0.25, 0.3) is 5.91 Å². The number of nitrogens with zero attached hydrogens (tertiary/aromatic N) is 4. The van der Waals surface area contributed by atoms with Gasteiger partial charge in [0.15, 0.2) is 11.3 Å². The van der Waals surface area contributed by atoms with E-state index in [1.54, 1.807) is 5.38 Å². The molecule has 3 unspecified atom stereocenters. The van der Waals surface area contributed by atoms with Gasteiger partial charge in [0.05, 0.1) is 11.3 Å². The first-order valence-corrected chi connectivity index (χ1v) is 12.1. The van der Waals surface area contributed by atoms with Crippen LogP contribution < -0.4 is 21.5 Å². The first kappa shape index (κ1) is 23.7. The van der Waals surface area contributed by atoms with Gasteiger partial charge in [0.1, 0.15) is 17.2 Å². The Kier molecular flexibility index (Phi) is 6.23. The monoisotopic (exact) mass is 507 g/mol. The number of hydrogen-bond donors (Lipinski definition) is 2. The summed E-state index contributed by atoms with van der Waals surface area (Å²) in [6.07, 6.45) is 3.25. The third-order valence-electron chi connectivity index (χ3n) is 6.39. The summed E-state index contributed by atoms with van der Waals surface area (Å²) in [6.45, 7) is 0.110. The van der Waals surface area contributed by atoms with Gasteiger partial charge >= 0.3 is 5.97 Å². The predicted octanol–water partition coefficient (Wildman–Crippen LogP) is -0.221. The Hall–Kier alpha value is -3.03. The van der Waals surface area contributed by atoms with E-state index in [0.717, 1.165) is 31.5 Å². The Balaban J connectivity index is 1.38. The minimum absolute atomic E-state index is 0.0316. The number of aromatic carboxylic acids is 1. The van der Waals surface area contributed by atoms with Gasteiger partial charge in [-0.25, -0.2) is 23.6 Å². The van der Waals surface area contributed by atoms with Crippen molar-refractivity contribution in [3.05, 3.63) is 44.3 Å². The van der Waals surface area contributed by atoms with E-state index >= 15 is 8.78 Å². The van der Waals surface area contributed by atoms with Crippen molar-refractivity contribution in [2.45, 2.75) is 43.4 Å². The lowest BCUT2D eigenvalue weighted by Gasteiger charge is -2.46. The van der Waals surface area contributed by atoms with Gasteiger partial charge in [-0.05, 0) is 25.3 Å². The number of rotatable bonds is 6. The highest BCUT2D eigenvalue weighted by molar-refractivity contribution is 7.12. The van der Waals surface area contributed by atoms with Crippen LogP contribution >= 0.6 is 11.3 Å².